The summed E-state index contributed by atoms with van der Waals surface area (Å²) in [5.41, 5.74) is 0. The number of halogens is 2. The maximum atomic E-state index is 10.1. The maximum Gasteiger partial charge on any atom is 0.303 e. The highest BCUT2D eigenvalue weighted by atomic mass is 79.9. The molecule has 0 saturated heterocycles. The van der Waals surface area contributed by atoms with Crippen LogP contribution in [0.4, 0.5) is 0 Å². The maximum absolute atomic E-state index is 10.1. The Morgan fingerprint density at radius 1 is 1.50 bits per heavy atom. The van der Waals surface area contributed by atoms with Crippen molar-refractivity contribution in [3.63, 3.8) is 0 Å². The van der Waals surface area contributed by atoms with Crippen LogP contribution in [0.5, 0.6) is 0 Å². The number of rotatable bonds is 5. The summed E-state index contributed by atoms with van der Waals surface area (Å²) in [6, 6.07) is 0. The van der Waals surface area contributed by atoms with Gasteiger partial charge in [-0.25, -0.2) is 0 Å². The van der Waals surface area contributed by atoms with E-state index in [1.165, 1.54) is 0 Å². The molecule has 10 heavy (non-hydrogen) atoms. The van der Waals surface area contributed by atoms with Crippen molar-refractivity contribution in [2.75, 3.05) is 5.33 Å². The molecule has 1 atom stereocenters. The van der Waals surface area contributed by atoms with Gasteiger partial charge in [-0.3, -0.25) is 4.79 Å². The van der Waals surface area contributed by atoms with Gasteiger partial charge in [-0.05, 0) is 12.8 Å². The van der Waals surface area contributed by atoms with Gasteiger partial charge in [0.2, 0.25) is 0 Å². The van der Waals surface area contributed by atoms with Gasteiger partial charge in [0.15, 0.2) is 0 Å². The molecule has 0 spiro atoms. The molecule has 60 valence electrons. The minimum Gasteiger partial charge on any atom is -0.481 e. The predicted octanol–water partition coefficient (Wildman–Crippen LogP) is 2.40. The van der Waals surface area contributed by atoms with E-state index in [0.717, 1.165) is 11.8 Å². The van der Waals surface area contributed by atoms with E-state index < -0.39 is 5.97 Å². The largest absolute Gasteiger partial charge is 0.481 e. The van der Waals surface area contributed by atoms with Crippen LogP contribution >= 0.6 is 31.9 Å². The second-order valence-electron chi connectivity index (χ2n) is 2.01. The summed E-state index contributed by atoms with van der Waals surface area (Å²) in [7, 11) is 0. The van der Waals surface area contributed by atoms with Gasteiger partial charge in [0.05, 0.1) is 0 Å². The van der Waals surface area contributed by atoms with E-state index in [1.54, 1.807) is 0 Å². The quantitative estimate of drug-likeness (QED) is 0.781. The van der Waals surface area contributed by atoms with Gasteiger partial charge in [-0.2, -0.15) is 0 Å². The molecule has 0 saturated carbocycles. The Kier molecular flexibility index (Phi) is 6.43. The van der Waals surface area contributed by atoms with E-state index in [-0.39, 0.29) is 6.42 Å². The van der Waals surface area contributed by atoms with Crippen LogP contribution in [0.2, 0.25) is 0 Å². The van der Waals surface area contributed by atoms with Gasteiger partial charge in [0.1, 0.15) is 0 Å². The molecule has 0 aliphatic rings. The molecule has 0 heterocycles. The first kappa shape index (κ1) is 10.4. The van der Waals surface area contributed by atoms with Gasteiger partial charge < -0.3 is 5.11 Å². The summed E-state index contributed by atoms with van der Waals surface area (Å²) in [6.45, 7) is 0. The van der Waals surface area contributed by atoms with Crippen LogP contribution in [-0.4, -0.2) is 21.2 Å². The molecule has 1 unspecified atom stereocenters. The fraction of sp³-hybridized carbons (Fsp3) is 0.833. The molecule has 0 rings (SSSR count). The van der Waals surface area contributed by atoms with E-state index in [2.05, 4.69) is 31.9 Å². The van der Waals surface area contributed by atoms with Gasteiger partial charge in [-0.1, -0.05) is 31.9 Å². The van der Waals surface area contributed by atoms with Crippen molar-refractivity contribution in [3.05, 3.63) is 0 Å². The molecule has 0 radical (unpaired) electrons. The molecule has 1 N–H and O–H groups in total. The lowest BCUT2D eigenvalue weighted by Gasteiger charge is -2.03. The molecule has 0 aliphatic carbocycles. The van der Waals surface area contributed by atoms with Crippen molar-refractivity contribution in [1.29, 1.82) is 0 Å². The minimum absolute atomic E-state index is 0.253. The van der Waals surface area contributed by atoms with E-state index in [0.29, 0.717) is 11.2 Å². The Hall–Kier alpha value is 0.430. The van der Waals surface area contributed by atoms with Gasteiger partial charge >= 0.3 is 5.97 Å². The number of alkyl halides is 2. The summed E-state index contributed by atoms with van der Waals surface area (Å²) in [6.07, 6.45) is 1.94. The molecule has 0 aromatic rings. The van der Waals surface area contributed by atoms with Crippen molar-refractivity contribution in [3.8, 4) is 0 Å². The second-order valence-corrected chi connectivity index (χ2v) is 4.10. The number of carbonyl (C=O) groups is 1. The molecule has 4 heteroatoms. The lowest BCUT2D eigenvalue weighted by atomic mass is 10.2. The van der Waals surface area contributed by atoms with Crippen molar-refractivity contribution in [1.82, 2.24) is 0 Å². The van der Waals surface area contributed by atoms with E-state index in [1.807, 2.05) is 0 Å². The molecule has 2 nitrogen and oxygen atoms in total. The van der Waals surface area contributed by atoms with Gasteiger partial charge in [-0.15, -0.1) is 0 Å². The average molecular weight is 274 g/mol. The first-order chi connectivity index (χ1) is 4.66. The fourth-order valence-corrected chi connectivity index (χ4v) is 2.17. The Balaban J connectivity index is 3.21. The van der Waals surface area contributed by atoms with E-state index >= 15 is 0 Å². The Labute approximate surface area is 77.3 Å². The Morgan fingerprint density at radius 2 is 2.10 bits per heavy atom. The summed E-state index contributed by atoms with van der Waals surface area (Å²) in [5, 5.41) is 9.22. The zero-order valence-corrected chi connectivity index (χ0v) is 8.69. The lowest BCUT2D eigenvalue weighted by molar-refractivity contribution is -0.137. The summed E-state index contributed by atoms with van der Waals surface area (Å²) in [5.74, 6) is -0.723. The predicted molar refractivity (Wildman–Crippen MR) is 48.0 cm³/mol. The van der Waals surface area contributed by atoms with Gasteiger partial charge in [0.25, 0.3) is 0 Å². The van der Waals surface area contributed by atoms with E-state index in [4.69, 9.17) is 5.11 Å². The Morgan fingerprint density at radius 3 is 2.50 bits per heavy atom. The molecule has 0 bridgehead atoms. The molecule has 0 aliphatic heterocycles. The molecule has 0 aromatic heterocycles. The van der Waals surface area contributed by atoms with Crippen molar-refractivity contribution >= 4 is 37.8 Å². The monoisotopic (exact) mass is 272 g/mol. The van der Waals surface area contributed by atoms with Crippen LogP contribution in [0.1, 0.15) is 19.3 Å². The van der Waals surface area contributed by atoms with Gasteiger partial charge in [0, 0.05) is 16.6 Å². The third-order valence-electron chi connectivity index (χ3n) is 1.09. The van der Waals surface area contributed by atoms with E-state index in [9.17, 15) is 4.79 Å². The molecule has 0 amide bonds. The van der Waals surface area contributed by atoms with Crippen LogP contribution < -0.4 is 0 Å². The molecule has 0 aromatic carbocycles. The first-order valence-corrected chi connectivity index (χ1v) is 5.12. The highest BCUT2D eigenvalue weighted by Gasteiger charge is 2.05. The van der Waals surface area contributed by atoms with Crippen LogP contribution in [0, 0.1) is 0 Å². The second kappa shape index (κ2) is 6.16. The zero-order chi connectivity index (χ0) is 7.98. The fourth-order valence-electron chi connectivity index (χ4n) is 0.543. The molecular weight excluding hydrogens is 264 g/mol. The third-order valence-corrected chi connectivity index (χ3v) is 2.47. The number of carboxylic acids is 1. The van der Waals surface area contributed by atoms with Crippen LogP contribution in [-0.2, 0) is 4.79 Å². The summed E-state index contributed by atoms with van der Waals surface area (Å²) in [4.78, 5) is 10.4. The van der Waals surface area contributed by atoms with Crippen molar-refractivity contribution < 1.29 is 9.90 Å². The summed E-state index contributed by atoms with van der Waals surface area (Å²) < 4.78 is 0. The third kappa shape index (κ3) is 6.55. The SMILES string of the molecule is O=C(O)CCC(Br)CCBr. The molecule has 0 fully saturated rings. The molecular formula is C6H10Br2O2. The standard InChI is InChI=1S/C6H10Br2O2/c7-4-3-5(8)1-2-6(9)10/h5H,1-4H2,(H,9,10). The summed E-state index contributed by atoms with van der Waals surface area (Å²) >= 11 is 6.65. The van der Waals surface area contributed by atoms with Crippen molar-refractivity contribution in [2.45, 2.75) is 24.1 Å². The highest BCUT2D eigenvalue weighted by Crippen LogP contribution is 2.13. The topological polar surface area (TPSA) is 37.3 Å². The smallest absolute Gasteiger partial charge is 0.303 e. The normalized spacial score (nSPS) is 13.0. The van der Waals surface area contributed by atoms with Crippen LogP contribution in [0.15, 0.2) is 0 Å². The number of carboxylic acid groups (broad SMARTS) is 1. The van der Waals surface area contributed by atoms with Crippen molar-refractivity contribution in [2.24, 2.45) is 0 Å². The highest BCUT2D eigenvalue weighted by molar-refractivity contribution is 9.10. The zero-order valence-electron chi connectivity index (χ0n) is 5.52. The first-order valence-electron chi connectivity index (χ1n) is 3.08. The number of hydrogen-bond donors (Lipinski definition) is 1. The Bertz CT molecular complexity index is 106. The van der Waals surface area contributed by atoms with Crippen LogP contribution in [0.25, 0.3) is 0 Å². The number of hydrogen-bond acceptors (Lipinski definition) is 1. The average Bonchev–Trinajstić information content (AvgIpc) is 1.85. The number of aliphatic carboxylic acids is 1. The van der Waals surface area contributed by atoms with Crippen LogP contribution in [0.3, 0.4) is 0 Å². The lowest BCUT2D eigenvalue weighted by Crippen LogP contribution is -2.03. The minimum atomic E-state index is -0.723.